The van der Waals surface area contributed by atoms with E-state index >= 15 is 0 Å². The predicted octanol–water partition coefficient (Wildman–Crippen LogP) is 1.90. The second-order valence-electron chi connectivity index (χ2n) is 2.71. The quantitative estimate of drug-likeness (QED) is 0.895. The van der Waals surface area contributed by atoms with Crippen molar-refractivity contribution in [3.8, 4) is 0 Å². The van der Waals surface area contributed by atoms with Gasteiger partial charge in [-0.15, -0.1) is 23.7 Å². The van der Waals surface area contributed by atoms with E-state index in [1.54, 1.807) is 18.3 Å². The zero-order valence-electron chi connectivity index (χ0n) is 7.62. The Balaban J connectivity index is 0.00000169. The first-order chi connectivity index (χ1) is 6.09. The molecule has 0 unspecified atom stereocenters. The maximum Gasteiger partial charge on any atom is 0.236 e. The van der Waals surface area contributed by atoms with Crippen LogP contribution in [0.25, 0.3) is 0 Å². The van der Waals surface area contributed by atoms with E-state index in [0.29, 0.717) is 6.54 Å². The monoisotopic (exact) mass is 298 g/mol. The maximum atomic E-state index is 11.1. The van der Waals surface area contributed by atoms with Crippen molar-refractivity contribution in [3.05, 3.63) is 20.8 Å². The van der Waals surface area contributed by atoms with E-state index in [1.807, 2.05) is 12.1 Å². The molecule has 0 aromatic carbocycles. The van der Waals surface area contributed by atoms with Crippen LogP contribution in [-0.2, 0) is 11.3 Å². The summed E-state index contributed by atoms with van der Waals surface area (Å²) in [5.74, 6) is -0.121. The molecule has 80 valence electrons. The first kappa shape index (κ1) is 13.9. The zero-order chi connectivity index (χ0) is 9.84. The van der Waals surface area contributed by atoms with Crippen molar-refractivity contribution < 1.29 is 4.79 Å². The van der Waals surface area contributed by atoms with Gasteiger partial charge in [-0.1, -0.05) is 0 Å². The van der Waals surface area contributed by atoms with Gasteiger partial charge in [0.1, 0.15) is 0 Å². The van der Waals surface area contributed by atoms with Crippen LogP contribution in [0.15, 0.2) is 15.9 Å². The normalized spacial score (nSPS) is 11.6. The van der Waals surface area contributed by atoms with Gasteiger partial charge in [0.2, 0.25) is 5.91 Å². The van der Waals surface area contributed by atoms with E-state index in [4.69, 9.17) is 5.73 Å². The van der Waals surface area contributed by atoms with Gasteiger partial charge in [0.05, 0.1) is 16.4 Å². The Morgan fingerprint density at radius 2 is 2.36 bits per heavy atom. The average Bonchev–Trinajstić information content (AvgIpc) is 2.47. The number of nitrogens with two attached hydrogens (primary N) is 1. The van der Waals surface area contributed by atoms with Crippen LogP contribution in [0.4, 0.5) is 0 Å². The molecule has 0 aliphatic rings. The molecule has 6 heteroatoms. The summed E-state index contributed by atoms with van der Waals surface area (Å²) in [5.41, 5.74) is 5.39. The summed E-state index contributed by atoms with van der Waals surface area (Å²) in [4.78, 5) is 12.2. The molecule has 0 aliphatic carbocycles. The fourth-order valence-electron chi connectivity index (χ4n) is 0.782. The number of hydrogen-bond donors (Lipinski definition) is 2. The minimum absolute atomic E-state index is 0. The molecule has 0 saturated heterocycles. The molecule has 1 heterocycles. The minimum Gasteiger partial charge on any atom is -0.350 e. The number of halogens is 2. The van der Waals surface area contributed by atoms with E-state index in [2.05, 4.69) is 21.2 Å². The number of thiophene rings is 1. The Labute approximate surface area is 102 Å². The molecule has 0 saturated carbocycles. The van der Waals surface area contributed by atoms with Gasteiger partial charge in [-0.25, -0.2) is 0 Å². The molecule has 1 atom stereocenters. The summed E-state index contributed by atoms with van der Waals surface area (Å²) in [6.45, 7) is 2.22. The average molecular weight is 300 g/mol. The van der Waals surface area contributed by atoms with Crippen molar-refractivity contribution in [2.24, 2.45) is 5.73 Å². The Bertz CT molecular complexity index is 303. The Morgan fingerprint density at radius 1 is 1.71 bits per heavy atom. The molecule has 0 spiro atoms. The highest BCUT2D eigenvalue weighted by atomic mass is 79.9. The van der Waals surface area contributed by atoms with Gasteiger partial charge in [-0.2, -0.15) is 0 Å². The molecule has 1 aromatic heterocycles. The van der Waals surface area contributed by atoms with Crippen LogP contribution in [-0.4, -0.2) is 11.9 Å². The van der Waals surface area contributed by atoms with Gasteiger partial charge in [0.25, 0.3) is 0 Å². The highest BCUT2D eigenvalue weighted by Gasteiger charge is 2.06. The van der Waals surface area contributed by atoms with Crippen LogP contribution in [0.5, 0.6) is 0 Å². The number of hydrogen-bond acceptors (Lipinski definition) is 3. The van der Waals surface area contributed by atoms with Crippen molar-refractivity contribution in [1.29, 1.82) is 0 Å². The second kappa shape index (κ2) is 6.40. The number of nitrogens with one attached hydrogen (secondary N) is 1. The predicted molar refractivity (Wildman–Crippen MR) is 64.8 cm³/mol. The van der Waals surface area contributed by atoms with Gasteiger partial charge in [0, 0.05) is 4.88 Å². The van der Waals surface area contributed by atoms with Crippen molar-refractivity contribution in [1.82, 2.24) is 5.32 Å². The molecule has 1 aromatic rings. The maximum absolute atomic E-state index is 11.1. The smallest absolute Gasteiger partial charge is 0.236 e. The van der Waals surface area contributed by atoms with E-state index in [-0.39, 0.29) is 18.3 Å². The van der Waals surface area contributed by atoms with E-state index in [0.717, 1.165) is 8.66 Å². The summed E-state index contributed by atoms with van der Waals surface area (Å²) in [6.07, 6.45) is 0. The molecule has 3 nitrogen and oxygen atoms in total. The molecular weight excluding hydrogens is 288 g/mol. The Hall–Kier alpha value is -0.100. The Kier molecular flexibility index (Phi) is 6.35. The standard InChI is InChI=1S/C8H11BrN2OS.ClH/c1-5(10)8(12)11-4-6-2-3-7(9)13-6;/h2-3,5H,4,10H2,1H3,(H,11,12);1H/t5-;/m0./s1. The van der Waals surface area contributed by atoms with E-state index in [1.165, 1.54) is 0 Å². The SMILES string of the molecule is C[C@H](N)C(=O)NCc1ccc(Br)s1.Cl. The lowest BCUT2D eigenvalue weighted by Crippen LogP contribution is -2.37. The summed E-state index contributed by atoms with van der Waals surface area (Å²) < 4.78 is 1.07. The third-order valence-corrected chi connectivity index (χ3v) is 3.10. The topological polar surface area (TPSA) is 55.1 Å². The molecule has 1 rings (SSSR count). The lowest BCUT2D eigenvalue weighted by molar-refractivity contribution is -0.122. The lowest BCUT2D eigenvalue weighted by atomic mass is 10.3. The Morgan fingerprint density at radius 3 is 2.79 bits per heavy atom. The summed E-state index contributed by atoms with van der Waals surface area (Å²) >= 11 is 4.95. The third kappa shape index (κ3) is 4.41. The van der Waals surface area contributed by atoms with Gasteiger partial charge < -0.3 is 11.1 Å². The van der Waals surface area contributed by atoms with Crippen LogP contribution in [0.3, 0.4) is 0 Å². The summed E-state index contributed by atoms with van der Waals surface area (Å²) in [6, 6.07) is 3.48. The minimum atomic E-state index is -0.441. The van der Waals surface area contributed by atoms with Gasteiger partial charge in [-0.05, 0) is 35.0 Å². The molecule has 0 aliphatic heterocycles. The van der Waals surface area contributed by atoms with Crippen molar-refractivity contribution >= 4 is 45.6 Å². The van der Waals surface area contributed by atoms with Gasteiger partial charge >= 0.3 is 0 Å². The van der Waals surface area contributed by atoms with Crippen molar-refractivity contribution in [3.63, 3.8) is 0 Å². The molecule has 14 heavy (non-hydrogen) atoms. The van der Waals surface area contributed by atoms with Crippen LogP contribution < -0.4 is 11.1 Å². The van der Waals surface area contributed by atoms with Crippen molar-refractivity contribution in [2.45, 2.75) is 19.5 Å². The first-order valence-corrected chi connectivity index (χ1v) is 5.48. The number of rotatable bonds is 3. The van der Waals surface area contributed by atoms with Crippen LogP contribution in [0, 0.1) is 0 Å². The van der Waals surface area contributed by atoms with E-state index in [9.17, 15) is 4.79 Å². The lowest BCUT2D eigenvalue weighted by Gasteiger charge is -2.05. The highest BCUT2D eigenvalue weighted by molar-refractivity contribution is 9.11. The number of carbonyl (C=O) groups excluding carboxylic acids is 1. The molecule has 0 fully saturated rings. The number of carbonyl (C=O) groups is 1. The van der Waals surface area contributed by atoms with Gasteiger partial charge in [-0.3, -0.25) is 4.79 Å². The van der Waals surface area contributed by atoms with E-state index < -0.39 is 6.04 Å². The molecule has 3 N–H and O–H groups in total. The van der Waals surface area contributed by atoms with Crippen molar-refractivity contribution in [2.75, 3.05) is 0 Å². The first-order valence-electron chi connectivity index (χ1n) is 3.87. The van der Waals surface area contributed by atoms with Crippen LogP contribution in [0.1, 0.15) is 11.8 Å². The summed E-state index contributed by atoms with van der Waals surface area (Å²) in [7, 11) is 0. The number of amides is 1. The fourth-order valence-corrected chi connectivity index (χ4v) is 2.20. The molecular formula is C8H12BrClN2OS. The second-order valence-corrected chi connectivity index (χ2v) is 5.26. The van der Waals surface area contributed by atoms with Gasteiger partial charge in [0.15, 0.2) is 0 Å². The largest absolute Gasteiger partial charge is 0.350 e. The molecule has 0 radical (unpaired) electrons. The zero-order valence-corrected chi connectivity index (χ0v) is 10.8. The highest BCUT2D eigenvalue weighted by Crippen LogP contribution is 2.21. The third-order valence-electron chi connectivity index (χ3n) is 1.48. The summed E-state index contributed by atoms with van der Waals surface area (Å²) in [5, 5.41) is 2.74. The molecule has 0 bridgehead atoms. The molecule has 1 amide bonds. The van der Waals surface area contributed by atoms with Crippen LogP contribution >= 0.6 is 39.7 Å². The fraction of sp³-hybridized carbons (Fsp3) is 0.375. The van der Waals surface area contributed by atoms with Crippen LogP contribution in [0.2, 0.25) is 0 Å².